The number of aliphatic hydroxyl groups excluding tert-OH is 1. The van der Waals surface area contributed by atoms with E-state index in [0.29, 0.717) is 6.54 Å². The van der Waals surface area contributed by atoms with Crippen LogP contribution in [0.1, 0.15) is 5.56 Å². The lowest BCUT2D eigenvalue weighted by Gasteiger charge is -2.02. The van der Waals surface area contributed by atoms with Crippen LogP contribution < -0.4 is 10.6 Å². The second kappa shape index (κ2) is 9.09. The highest BCUT2D eigenvalue weighted by Crippen LogP contribution is 1.99. The normalized spacial score (nSPS) is 11.1. The van der Waals surface area contributed by atoms with Gasteiger partial charge in [0.25, 0.3) is 0 Å². The van der Waals surface area contributed by atoms with Crippen LogP contribution in [0.5, 0.6) is 0 Å². The molecule has 1 rings (SSSR count). The Labute approximate surface area is 97.2 Å². The summed E-state index contributed by atoms with van der Waals surface area (Å²) < 4.78 is 0. The summed E-state index contributed by atoms with van der Waals surface area (Å²) >= 11 is 0. The lowest BCUT2D eigenvalue weighted by molar-refractivity contribution is 0.292. The molecule has 0 heterocycles. The second-order valence-electron chi connectivity index (χ2n) is 3.49. The van der Waals surface area contributed by atoms with Gasteiger partial charge in [0.1, 0.15) is 0 Å². The first-order chi connectivity index (χ1) is 7.93. The van der Waals surface area contributed by atoms with Gasteiger partial charge in [0.15, 0.2) is 0 Å². The fourth-order valence-corrected chi connectivity index (χ4v) is 1.33. The van der Waals surface area contributed by atoms with E-state index < -0.39 is 0 Å². The Morgan fingerprint density at radius 1 is 1.00 bits per heavy atom. The molecule has 0 atom stereocenters. The van der Waals surface area contributed by atoms with Gasteiger partial charge >= 0.3 is 0 Å². The number of nitrogens with one attached hydrogen (secondary N) is 2. The molecule has 0 saturated heterocycles. The van der Waals surface area contributed by atoms with E-state index in [0.717, 1.165) is 19.6 Å². The van der Waals surface area contributed by atoms with Gasteiger partial charge in [0, 0.05) is 26.2 Å². The minimum absolute atomic E-state index is 0.202. The predicted octanol–water partition coefficient (Wildman–Crippen LogP) is 0.871. The van der Waals surface area contributed by atoms with E-state index in [1.165, 1.54) is 5.56 Å². The van der Waals surface area contributed by atoms with Crippen LogP contribution in [-0.2, 0) is 0 Å². The average Bonchev–Trinajstić information content (AvgIpc) is 2.34. The second-order valence-corrected chi connectivity index (χ2v) is 3.49. The summed E-state index contributed by atoms with van der Waals surface area (Å²) in [4.78, 5) is 0. The molecule has 0 amide bonds. The minimum Gasteiger partial charge on any atom is -0.395 e. The molecule has 0 saturated carbocycles. The highest BCUT2D eigenvalue weighted by Gasteiger charge is 1.85. The van der Waals surface area contributed by atoms with Crippen molar-refractivity contribution in [3.8, 4) is 0 Å². The van der Waals surface area contributed by atoms with Crippen LogP contribution in [0, 0.1) is 0 Å². The van der Waals surface area contributed by atoms with E-state index in [9.17, 15) is 0 Å². The molecular formula is C13H20N2O. The third-order valence-corrected chi connectivity index (χ3v) is 2.14. The molecule has 3 nitrogen and oxygen atoms in total. The molecule has 0 fully saturated rings. The molecule has 1 aromatic rings. The van der Waals surface area contributed by atoms with Gasteiger partial charge in [-0.3, -0.25) is 0 Å². The summed E-state index contributed by atoms with van der Waals surface area (Å²) in [6.45, 7) is 3.55. The molecule has 1 aromatic carbocycles. The number of hydrogen-bond acceptors (Lipinski definition) is 3. The molecule has 3 N–H and O–H groups in total. The number of rotatable bonds is 8. The number of benzene rings is 1. The maximum atomic E-state index is 8.54. The largest absolute Gasteiger partial charge is 0.395 e. The Morgan fingerprint density at radius 2 is 1.75 bits per heavy atom. The van der Waals surface area contributed by atoms with Gasteiger partial charge in [0.2, 0.25) is 0 Å². The van der Waals surface area contributed by atoms with Crippen LogP contribution in [0.15, 0.2) is 36.4 Å². The zero-order valence-electron chi connectivity index (χ0n) is 9.52. The summed E-state index contributed by atoms with van der Waals surface area (Å²) in [6, 6.07) is 10.2. The van der Waals surface area contributed by atoms with Crippen molar-refractivity contribution >= 4 is 6.08 Å². The summed E-state index contributed by atoms with van der Waals surface area (Å²) in [7, 11) is 0. The van der Waals surface area contributed by atoms with Crippen molar-refractivity contribution in [3.05, 3.63) is 42.0 Å². The van der Waals surface area contributed by atoms with Crippen LogP contribution in [0.2, 0.25) is 0 Å². The molecule has 88 valence electrons. The zero-order valence-corrected chi connectivity index (χ0v) is 9.52. The number of hydrogen-bond donors (Lipinski definition) is 3. The maximum absolute atomic E-state index is 8.54. The van der Waals surface area contributed by atoms with Crippen molar-refractivity contribution in [2.75, 3.05) is 32.8 Å². The molecule has 0 radical (unpaired) electrons. The average molecular weight is 220 g/mol. The quantitative estimate of drug-likeness (QED) is 0.570. The van der Waals surface area contributed by atoms with Crippen LogP contribution in [0.25, 0.3) is 6.08 Å². The minimum atomic E-state index is 0.202. The highest BCUT2D eigenvalue weighted by atomic mass is 16.3. The fraction of sp³-hybridized carbons (Fsp3) is 0.385. The highest BCUT2D eigenvalue weighted by molar-refractivity contribution is 5.48. The standard InChI is InChI=1S/C13H20N2O/c16-12-11-15-10-9-14-8-4-7-13-5-2-1-3-6-13/h1-7,14-16H,8-12H2. The fourth-order valence-electron chi connectivity index (χ4n) is 1.33. The Hall–Kier alpha value is -1.16. The summed E-state index contributed by atoms with van der Waals surface area (Å²) in [5, 5.41) is 14.9. The first-order valence-electron chi connectivity index (χ1n) is 5.67. The van der Waals surface area contributed by atoms with Crippen molar-refractivity contribution in [1.82, 2.24) is 10.6 Å². The van der Waals surface area contributed by atoms with E-state index in [1.54, 1.807) is 0 Å². The van der Waals surface area contributed by atoms with Crippen molar-refractivity contribution in [3.63, 3.8) is 0 Å². The Balaban J connectivity index is 2.01. The molecule has 0 unspecified atom stereocenters. The molecule has 0 aromatic heterocycles. The van der Waals surface area contributed by atoms with E-state index in [1.807, 2.05) is 18.2 Å². The Bertz CT molecular complexity index is 285. The van der Waals surface area contributed by atoms with Gasteiger partial charge in [0.05, 0.1) is 6.61 Å². The van der Waals surface area contributed by atoms with E-state index in [-0.39, 0.29) is 6.61 Å². The predicted molar refractivity (Wildman–Crippen MR) is 68.3 cm³/mol. The molecule has 3 heteroatoms. The lowest BCUT2D eigenvalue weighted by Crippen LogP contribution is -2.29. The first kappa shape index (κ1) is 12.9. The van der Waals surface area contributed by atoms with Crippen LogP contribution in [0.4, 0.5) is 0 Å². The van der Waals surface area contributed by atoms with E-state index in [2.05, 4.69) is 34.9 Å². The SMILES string of the molecule is OCCNCCNCC=Cc1ccccc1. The maximum Gasteiger partial charge on any atom is 0.0555 e. The van der Waals surface area contributed by atoms with Gasteiger partial charge in [-0.2, -0.15) is 0 Å². The van der Waals surface area contributed by atoms with Crippen molar-refractivity contribution in [2.45, 2.75) is 0 Å². The zero-order chi connectivity index (χ0) is 11.5. The smallest absolute Gasteiger partial charge is 0.0555 e. The third kappa shape index (κ3) is 6.35. The van der Waals surface area contributed by atoms with Gasteiger partial charge in [-0.05, 0) is 5.56 Å². The summed E-state index contributed by atoms with van der Waals surface area (Å²) in [6.07, 6.45) is 4.22. The van der Waals surface area contributed by atoms with Gasteiger partial charge in [-0.15, -0.1) is 0 Å². The van der Waals surface area contributed by atoms with Crippen LogP contribution in [0.3, 0.4) is 0 Å². The molecule has 16 heavy (non-hydrogen) atoms. The molecule has 0 bridgehead atoms. The Morgan fingerprint density at radius 3 is 2.50 bits per heavy atom. The Kier molecular flexibility index (Phi) is 7.34. The van der Waals surface area contributed by atoms with Crippen LogP contribution >= 0.6 is 0 Å². The van der Waals surface area contributed by atoms with Crippen molar-refractivity contribution in [1.29, 1.82) is 0 Å². The van der Waals surface area contributed by atoms with Crippen molar-refractivity contribution < 1.29 is 5.11 Å². The third-order valence-electron chi connectivity index (χ3n) is 2.14. The van der Waals surface area contributed by atoms with Crippen LogP contribution in [-0.4, -0.2) is 37.9 Å². The molecular weight excluding hydrogens is 200 g/mol. The topological polar surface area (TPSA) is 44.3 Å². The monoisotopic (exact) mass is 220 g/mol. The molecule has 0 aliphatic carbocycles. The summed E-state index contributed by atoms with van der Waals surface area (Å²) in [5.41, 5.74) is 1.22. The van der Waals surface area contributed by atoms with Gasteiger partial charge in [-0.1, -0.05) is 42.5 Å². The number of aliphatic hydroxyl groups is 1. The van der Waals surface area contributed by atoms with Gasteiger partial charge < -0.3 is 15.7 Å². The first-order valence-corrected chi connectivity index (χ1v) is 5.67. The van der Waals surface area contributed by atoms with E-state index >= 15 is 0 Å². The molecule has 0 spiro atoms. The van der Waals surface area contributed by atoms with Gasteiger partial charge in [-0.25, -0.2) is 0 Å². The van der Waals surface area contributed by atoms with Crippen molar-refractivity contribution in [2.24, 2.45) is 0 Å². The molecule has 0 aliphatic heterocycles. The summed E-state index contributed by atoms with van der Waals surface area (Å²) in [5.74, 6) is 0. The molecule has 0 aliphatic rings. The van der Waals surface area contributed by atoms with E-state index in [4.69, 9.17) is 5.11 Å². The lowest BCUT2D eigenvalue weighted by atomic mass is 10.2.